The van der Waals surface area contributed by atoms with E-state index in [0.29, 0.717) is 5.54 Å². The topological polar surface area (TPSA) is 44.3 Å². The number of rotatable bonds is 6. The van der Waals surface area contributed by atoms with Crippen molar-refractivity contribution in [2.45, 2.75) is 38.3 Å². The molecule has 20 heavy (non-hydrogen) atoms. The summed E-state index contributed by atoms with van der Waals surface area (Å²) in [7, 11) is 8.43. The lowest BCUT2D eigenvalue weighted by Crippen LogP contribution is -2.56. The van der Waals surface area contributed by atoms with Crippen LogP contribution in [0.4, 0.5) is 5.82 Å². The molecule has 0 radical (unpaired) electrons. The van der Waals surface area contributed by atoms with Gasteiger partial charge in [0, 0.05) is 30.9 Å². The van der Waals surface area contributed by atoms with E-state index in [9.17, 15) is 0 Å². The van der Waals surface area contributed by atoms with Crippen LogP contribution in [0.3, 0.4) is 0 Å². The largest absolute Gasteiger partial charge is 0.373 e. The van der Waals surface area contributed by atoms with Gasteiger partial charge in [0.1, 0.15) is 11.6 Å². The zero-order valence-electron chi connectivity index (χ0n) is 13.4. The molecule has 1 aromatic rings. The molecule has 1 aromatic heterocycles. The second-order valence-corrected chi connectivity index (χ2v) is 6.21. The van der Waals surface area contributed by atoms with Crippen molar-refractivity contribution in [3.8, 4) is 0 Å². The van der Waals surface area contributed by atoms with E-state index >= 15 is 0 Å². The summed E-state index contributed by atoms with van der Waals surface area (Å²) >= 11 is 0. The van der Waals surface area contributed by atoms with Gasteiger partial charge in [0.2, 0.25) is 0 Å². The molecule has 1 saturated carbocycles. The minimum Gasteiger partial charge on any atom is -0.373 e. The average Bonchev–Trinajstić information content (AvgIpc) is 2.32. The number of anilines is 1. The summed E-state index contributed by atoms with van der Waals surface area (Å²) in [6.07, 6.45) is 3.93. The molecule has 1 aliphatic rings. The van der Waals surface area contributed by atoms with E-state index in [1.807, 2.05) is 20.0 Å². The molecule has 0 saturated heterocycles. The van der Waals surface area contributed by atoms with Crippen LogP contribution in [0.2, 0.25) is 0 Å². The summed E-state index contributed by atoms with van der Waals surface area (Å²) in [6, 6.07) is 1.97. The lowest BCUT2D eigenvalue weighted by Gasteiger charge is -2.49. The van der Waals surface area contributed by atoms with Crippen LogP contribution in [0.1, 0.15) is 30.8 Å². The number of aryl methyl sites for hydroxylation is 1. The van der Waals surface area contributed by atoms with Crippen molar-refractivity contribution in [2.75, 3.05) is 40.1 Å². The molecule has 1 N–H and O–H groups in total. The molecule has 1 fully saturated rings. The Morgan fingerprint density at radius 1 is 1.25 bits per heavy atom. The molecular formula is C15H27N5. The second-order valence-electron chi connectivity index (χ2n) is 6.21. The molecule has 112 valence electrons. The zero-order chi connectivity index (χ0) is 14.8. The van der Waals surface area contributed by atoms with Gasteiger partial charge in [-0.05, 0) is 47.3 Å². The lowest BCUT2D eigenvalue weighted by molar-refractivity contribution is 0.0253. The maximum absolute atomic E-state index is 4.53. The molecule has 0 aliphatic heterocycles. The molecule has 1 aliphatic carbocycles. The van der Waals surface area contributed by atoms with Gasteiger partial charge in [-0.3, -0.25) is 4.90 Å². The molecule has 5 nitrogen and oxygen atoms in total. The molecule has 1 heterocycles. The van der Waals surface area contributed by atoms with Crippen LogP contribution in [0.15, 0.2) is 6.07 Å². The molecule has 0 spiro atoms. The van der Waals surface area contributed by atoms with E-state index in [1.54, 1.807) is 0 Å². The van der Waals surface area contributed by atoms with Crippen molar-refractivity contribution < 1.29 is 0 Å². The van der Waals surface area contributed by atoms with E-state index in [1.165, 1.54) is 19.3 Å². The Bertz CT molecular complexity index is 454. The Hall–Kier alpha value is -1.20. The van der Waals surface area contributed by atoms with Gasteiger partial charge in [0.05, 0.1) is 6.54 Å². The standard InChI is InChI=1S/C15H27N5/c1-12-9-13(16-2)18-14(17-12)10-20(5)11-15(19(3)4)7-6-8-15/h9H,6-8,10-11H2,1-5H3,(H,16,17,18). The van der Waals surface area contributed by atoms with Crippen molar-refractivity contribution >= 4 is 5.82 Å². The monoisotopic (exact) mass is 277 g/mol. The summed E-state index contributed by atoms with van der Waals surface area (Å²) in [4.78, 5) is 13.8. The third-order valence-electron chi connectivity index (χ3n) is 4.37. The minimum absolute atomic E-state index is 0.352. The molecule has 2 rings (SSSR count). The minimum atomic E-state index is 0.352. The van der Waals surface area contributed by atoms with E-state index in [-0.39, 0.29) is 0 Å². The molecule has 5 heteroatoms. The third-order valence-corrected chi connectivity index (χ3v) is 4.37. The number of nitrogens with one attached hydrogen (secondary N) is 1. The number of nitrogens with zero attached hydrogens (tertiary/aromatic N) is 4. The SMILES string of the molecule is CNc1cc(C)nc(CN(C)CC2(N(C)C)CCC2)n1. The van der Waals surface area contributed by atoms with Gasteiger partial charge in [-0.1, -0.05) is 0 Å². The van der Waals surface area contributed by atoms with Gasteiger partial charge in [-0.2, -0.15) is 0 Å². The van der Waals surface area contributed by atoms with E-state index < -0.39 is 0 Å². The molecule has 0 aromatic carbocycles. The summed E-state index contributed by atoms with van der Waals surface area (Å²) < 4.78 is 0. The third kappa shape index (κ3) is 3.27. The second kappa shape index (κ2) is 6.06. The van der Waals surface area contributed by atoms with Gasteiger partial charge in [0.25, 0.3) is 0 Å². The van der Waals surface area contributed by atoms with E-state index in [2.05, 4.69) is 46.2 Å². The number of likely N-dealkylation sites (N-methyl/N-ethyl adjacent to an activating group) is 2. The fraction of sp³-hybridized carbons (Fsp3) is 0.733. The predicted octanol–water partition coefficient (Wildman–Crippen LogP) is 1.74. The predicted molar refractivity (Wildman–Crippen MR) is 82.9 cm³/mol. The van der Waals surface area contributed by atoms with E-state index in [0.717, 1.165) is 30.4 Å². The van der Waals surface area contributed by atoms with Crippen LogP contribution in [-0.2, 0) is 6.54 Å². The average molecular weight is 277 g/mol. The summed E-state index contributed by atoms with van der Waals surface area (Å²) in [5.41, 5.74) is 1.36. The number of hydrogen-bond acceptors (Lipinski definition) is 5. The highest BCUT2D eigenvalue weighted by molar-refractivity contribution is 5.34. The summed E-state index contributed by atoms with van der Waals surface area (Å²) in [6.45, 7) is 3.89. The Morgan fingerprint density at radius 3 is 2.45 bits per heavy atom. The maximum atomic E-state index is 4.53. The van der Waals surface area contributed by atoms with Gasteiger partial charge in [-0.15, -0.1) is 0 Å². The first-order valence-corrected chi connectivity index (χ1v) is 7.33. The van der Waals surface area contributed by atoms with Crippen LogP contribution < -0.4 is 5.32 Å². The van der Waals surface area contributed by atoms with Crippen LogP contribution in [0, 0.1) is 6.92 Å². The van der Waals surface area contributed by atoms with Gasteiger partial charge in [-0.25, -0.2) is 9.97 Å². The Kier molecular flexibility index (Phi) is 4.60. The normalized spacial score (nSPS) is 17.4. The van der Waals surface area contributed by atoms with Crippen LogP contribution >= 0.6 is 0 Å². The molecule has 0 amide bonds. The van der Waals surface area contributed by atoms with Crippen LogP contribution in [0.25, 0.3) is 0 Å². The summed E-state index contributed by atoms with van der Waals surface area (Å²) in [5.74, 6) is 1.79. The molecule has 0 atom stereocenters. The highest BCUT2D eigenvalue weighted by Gasteiger charge is 2.39. The van der Waals surface area contributed by atoms with Crippen molar-refractivity contribution in [3.05, 3.63) is 17.6 Å². The number of aromatic nitrogens is 2. The fourth-order valence-electron chi connectivity index (χ4n) is 2.96. The number of hydrogen-bond donors (Lipinski definition) is 1. The van der Waals surface area contributed by atoms with Gasteiger partial charge in [0.15, 0.2) is 0 Å². The van der Waals surface area contributed by atoms with Crippen molar-refractivity contribution in [2.24, 2.45) is 0 Å². The Balaban J connectivity index is 2.01. The van der Waals surface area contributed by atoms with Crippen molar-refractivity contribution in [1.82, 2.24) is 19.8 Å². The Morgan fingerprint density at radius 2 is 1.95 bits per heavy atom. The summed E-state index contributed by atoms with van der Waals surface area (Å²) in [5, 5.41) is 3.09. The van der Waals surface area contributed by atoms with Gasteiger partial charge >= 0.3 is 0 Å². The van der Waals surface area contributed by atoms with Crippen molar-refractivity contribution in [1.29, 1.82) is 0 Å². The highest BCUT2D eigenvalue weighted by Crippen LogP contribution is 2.36. The first-order chi connectivity index (χ1) is 9.45. The molecule has 0 bridgehead atoms. The fourth-order valence-corrected chi connectivity index (χ4v) is 2.96. The molecular weight excluding hydrogens is 250 g/mol. The first kappa shape index (κ1) is 15.2. The van der Waals surface area contributed by atoms with E-state index in [4.69, 9.17) is 0 Å². The zero-order valence-corrected chi connectivity index (χ0v) is 13.4. The smallest absolute Gasteiger partial charge is 0.144 e. The first-order valence-electron chi connectivity index (χ1n) is 7.33. The highest BCUT2D eigenvalue weighted by atomic mass is 15.2. The van der Waals surface area contributed by atoms with Gasteiger partial charge < -0.3 is 10.2 Å². The van der Waals surface area contributed by atoms with Crippen molar-refractivity contribution in [3.63, 3.8) is 0 Å². The molecule has 0 unspecified atom stereocenters. The lowest BCUT2D eigenvalue weighted by atomic mass is 9.75. The Labute approximate surface area is 122 Å². The maximum Gasteiger partial charge on any atom is 0.144 e. The quantitative estimate of drug-likeness (QED) is 0.858. The van der Waals surface area contributed by atoms with Crippen LogP contribution in [-0.4, -0.2) is 60.0 Å². The van der Waals surface area contributed by atoms with Crippen LogP contribution in [0.5, 0.6) is 0 Å².